The normalized spacial score (nSPS) is 18.8. The van der Waals surface area contributed by atoms with Gasteiger partial charge in [-0.15, -0.1) is 0 Å². The van der Waals surface area contributed by atoms with E-state index in [4.69, 9.17) is 0 Å². The number of aryl methyl sites for hydroxylation is 2. The minimum Gasteiger partial charge on any atom is -0.319 e. The highest BCUT2D eigenvalue weighted by Crippen LogP contribution is 2.40. The fourth-order valence-corrected chi connectivity index (χ4v) is 4.67. The molecular formula is C24H28N3O+. The van der Waals surface area contributed by atoms with Gasteiger partial charge in [0, 0.05) is 31.4 Å². The van der Waals surface area contributed by atoms with Gasteiger partial charge in [-0.2, -0.15) is 4.48 Å². The van der Waals surface area contributed by atoms with Crippen LogP contribution in [-0.4, -0.2) is 38.7 Å². The van der Waals surface area contributed by atoms with Gasteiger partial charge < -0.3 is 4.90 Å². The monoisotopic (exact) mass is 374 g/mol. The molecule has 1 atom stereocenters. The first-order valence-corrected chi connectivity index (χ1v) is 9.72. The van der Waals surface area contributed by atoms with Crippen LogP contribution in [0.25, 0.3) is 10.8 Å². The van der Waals surface area contributed by atoms with Crippen molar-refractivity contribution in [3.05, 3.63) is 71.3 Å². The third-order valence-corrected chi connectivity index (χ3v) is 5.91. The number of hydrogen-bond donors (Lipinski definition) is 0. The van der Waals surface area contributed by atoms with Crippen molar-refractivity contribution >= 4 is 28.2 Å². The number of anilines is 1. The maximum absolute atomic E-state index is 13.3. The number of rotatable bonds is 1. The summed E-state index contributed by atoms with van der Waals surface area (Å²) in [5, 5.41) is 2.44. The van der Waals surface area contributed by atoms with Crippen molar-refractivity contribution in [1.82, 2.24) is 9.38 Å². The Morgan fingerprint density at radius 2 is 1.64 bits per heavy atom. The molecule has 3 aromatic rings. The zero-order valence-electron chi connectivity index (χ0n) is 17.4. The van der Waals surface area contributed by atoms with Crippen LogP contribution in [0.15, 0.2) is 54.6 Å². The van der Waals surface area contributed by atoms with Crippen LogP contribution in [-0.2, 0) is 6.54 Å². The minimum atomic E-state index is 0.0902. The lowest BCUT2D eigenvalue weighted by Gasteiger charge is -2.44. The maximum atomic E-state index is 13.3. The van der Waals surface area contributed by atoms with Crippen LogP contribution in [0.4, 0.5) is 16.2 Å². The van der Waals surface area contributed by atoms with Crippen molar-refractivity contribution in [1.29, 1.82) is 0 Å². The van der Waals surface area contributed by atoms with E-state index < -0.39 is 0 Å². The smallest absolute Gasteiger partial charge is 0.319 e. The van der Waals surface area contributed by atoms with Crippen LogP contribution >= 0.6 is 0 Å². The lowest BCUT2D eigenvalue weighted by Crippen LogP contribution is -2.62. The van der Waals surface area contributed by atoms with Crippen molar-refractivity contribution in [2.75, 3.05) is 32.7 Å². The first kappa shape index (κ1) is 18.5. The Morgan fingerprint density at radius 3 is 2.32 bits per heavy atom. The van der Waals surface area contributed by atoms with Gasteiger partial charge in [-0.05, 0) is 41.8 Å². The molecule has 1 aliphatic heterocycles. The van der Waals surface area contributed by atoms with E-state index in [1.54, 1.807) is 4.90 Å². The van der Waals surface area contributed by atoms with Gasteiger partial charge in [0.15, 0.2) is 6.67 Å². The maximum Gasteiger partial charge on any atom is 0.425 e. The van der Waals surface area contributed by atoms with Crippen molar-refractivity contribution in [3.63, 3.8) is 0 Å². The van der Waals surface area contributed by atoms with Gasteiger partial charge >= 0.3 is 6.03 Å². The number of para-hydroxylation sites is 1. The number of carbonyl (C=O) groups excluding carboxylic acids is 1. The molecule has 1 aliphatic rings. The zero-order chi connectivity index (χ0) is 20.1. The third-order valence-electron chi connectivity index (χ3n) is 5.91. The van der Waals surface area contributed by atoms with Crippen molar-refractivity contribution < 1.29 is 4.79 Å². The van der Waals surface area contributed by atoms with Crippen molar-refractivity contribution in [3.8, 4) is 0 Å². The molecule has 0 aliphatic carbocycles. The molecule has 4 rings (SSSR count). The molecule has 0 bridgehead atoms. The summed E-state index contributed by atoms with van der Waals surface area (Å²) in [6.07, 6.45) is 0. The number of benzene rings is 3. The summed E-state index contributed by atoms with van der Waals surface area (Å²) in [5.74, 6) is 0. The molecule has 4 nitrogen and oxygen atoms in total. The Kier molecular flexibility index (Phi) is 4.39. The van der Waals surface area contributed by atoms with Gasteiger partial charge in [0.1, 0.15) is 5.69 Å². The standard InChI is InChI=1S/C24H28N3O/c1-17-9-8-10-18(2)23(17)26-15-21-20-12-7-6-11-19(20)13-14-22(21)27(5,16-26)24(28)25(3)4/h6-14H,15-16H2,1-5H3/q+1. The van der Waals surface area contributed by atoms with Gasteiger partial charge in [0.2, 0.25) is 0 Å². The number of amides is 2. The Hall–Kier alpha value is -2.85. The molecule has 0 saturated carbocycles. The molecule has 0 spiro atoms. The van der Waals surface area contributed by atoms with E-state index >= 15 is 0 Å². The van der Waals surface area contributed by atoms with Crippen LogP contribution in [0.2, 0.25) is 0 Å². The Labute approximate surface area is 167 Å². The SMILES string of the molecule is Cc1cccc(C)c1N1Cc2c(ccc3ccccc23)[N+](C)(C(=O)N(C)C)C1. The Morgan fingerprint density at radius 1 is 0.964 bits per heavy atom. The number of fused-ring (bicyclic) bond motifs is 3. The Balaban J connectivity index is 1.97. The second kappa shape index (κ2) is 6.64. The highest BCUT2D eigenvalue weighted by atomic mass is 16.2. The van der Waals surface area contributed by atoms with Gasteiger partial charge in [0.05, 0.1) is 13.6 Å². The number of carbonyl (C=O) groups is 1. The van der Waals surface area contributed by atoms with E-state index in [1.165, 1.54) is 33.2 Å². The van der Waals surface area contributed by atoms with Gasteiger partial charge in [0.25, 0.3) is 0 Å². The van der Waals surface area contributed by atoms with E-state index in [-0.39, 0.29) is 10.5 Å². The third kappa shape index (κ3) is 2.76. The van der Waals surface area contributed by atoms with Crippen LogP contribution in [0.3, 0.4) is 0 Å². The quantitative estimate of drug-likeness (QED) is 0.556. The summed E-state index contributed by atoms with van der Waals surface area (Å²) in [6, 6.07) is 19.2. The topological polar surface area (TPSA) is 23.6 Å². The van der Waals surface area contributed by atoms with E-state index in [0.29, 0.717) is 6.67 Å². The lowest BCUT2D eigenvalue weighted by atomic mass is 9.97. The van der Waals surface area contributed by atoms with Gasteiger partial charge in [-0.1, -0.05) is 42.5 Å². The molecule has 28 heavy (non-hydrogen) atoms. The summed E-state index contributed by atoms with van der Waals surface area (Å²) >= 11 is 0. The van der Waals surface area contributed by atoms with Crippen LogP contribution in [0.1, 0.15) is 16.7 Å². The number of quaternary nitrogens is 1. The predicted molar refractivity (Wildman–Crippen MR) is 118 cm³/mol. The predicted octanol–water partition coefficient (Wildman–Crippen LogP) is 5.05. The summed E-state index contributed by atoms with van der Waals surface area (Å²) in [5.41, 5.74) is 6.06. The zero-order valence-corrected chi connectivity index (χ0v) is 17.4. The largest absolute Gasteiger partial charge is 0.425 e. The second-order valence-electron chi connectivity index (χ2n) is 8.23. The van der Waals surface area contributed by atoms with Crippen LogP contribution in [0, 0.1) is 13.8 Å². The van der Waals surface area contributed by atoms with E-state index in [0.717, 1.165) is 12.2 Å². The first-order chi connectivity index (χ1) is 13.3. The number of nitrogens with zero attached hydrogens (tertiary/aromatic N) is 3. The van der Waals surface area contributed by atoms with E-state index in [9.17, 15) is 4.79 Å². The highest BCUT2D eigenvalue weighted by molar-refractivity contribution is 5.96. The molecule has 1 heterocycles. The molecule has 0 aromatic heterocycles. The van der Waals surface area contributed by atoms with Gasteiger partial charge in [-0.3, -0.25) is 4.90 Å². The average molecular weight is 375 g/mol. The molecule has 0 radical (unpaired) electrons. The molecule has 4 heteroatoms. The molecule has 0 fully saturated rings. The lowest BCUT2D eigenvalue weighted by molar-refractivity contribution is 0.179. The summed E-state index contributed by atoms with van der Waals surface area (Å²) < 4.78 is 0.237. The number of hydrogen-bond acceptors (Lipinski definition) is 2. The fourth-order valence-electron chi connectivity index (χ4n) is 4.67. The van der Waals surface area contributed by atoms with Crippen molar-refractivity contribution in [2.45, 2.75) is 20.4 Å². The Bertz CT molecular complexity index is 1050. The fraction of sp³-hybridized carbons (Fsp3) is 0.292. The minimum absolute atomic E-state index is 0.0902. The van der Waals surface area contributed by atoms with Gasteiger partial charge in [-0.25, -0.2) is 4.79 Å². The summed E-state index contributed by atoms with van der Waals surface area (Å²) in [7, 11) is 5.71. The summed E-state index contributed by atoms with van der Waals surface area (Å²) in [6.45, 7) is 5.73. The highest BCUT2D eigenvalue weighted by Gasteiger charge is 2.44. The van der Waals surface area contributed by atoms with Crippen LogP contribution in [0.5, 0.6) is 0 Å². The summed E-state index contributed by atoms with van der Waals surface area (Å²) in [4.78, 5) is 17.4. The molecule has 0 saturated heterocycles. The van der Waals surface area contributed by atoms with E-state index in [1.807, 2.05) is 21.1 Å². The molecule has 3 aromatic carbocycles. The van der Waals surface area contributed by atoms with E-state index in [2.05, 4.69) is 73.3 Å². The second-order valence-corrected chi connectivity index (χ2v) is 8.23. The molecule has 0 N–H and O–H groups in total. The first-order valence-electron chi connectivity index (χ1n) is 9.72. The average Bonchev–Trinajstić information content (AvgIpc) is 2.67. The van der Waals surface area contributed by atoms with Crippen molar-refractivity contribution in [2.24, 2.45) is 0 Å². The van der Waals surface area contributed by atoms with Crippen LogP contribution < -0.4 is 9.38 Å². The molecule has 2 amide bonds. The molecular weight excluding hydrogens is 346 g/mol. The molecule has 1 unspecified atom stereocenters. The number of urea groups is 1. The molecule has 144 valence electrons.